The number of rotatable bonds is 3. The van der Waals surface area contributed by atoms with Crippen molar-refractivity contribution in [2.75, 3.05) is 5.43 Å². The number of nitrogens with two attached hydrogens (primary N) is 1. The number of hydrazine groups is 1. The zero-order valence-electron chi connectivity index (χ0n) is 13.0. The first-order valence-corrected chi connectivity index (χ1v) is 8.32. The molecule has 3 N–H and O–H groups in total. The summed E-state index contributed by atoms with van der Waals surface area (Å²) < 4.78 is 0. The van der Waals surface area contributed by atoms with Gasteiger partial charge in [-0.25, -0.2) is 15.8 Å². The van der Waals surface area contributed by atoms with Crippen molar-refractivity contribution in [3.8, 4) is 0 Å². The maximum absolute atomic E-state index is 5.62. The molecular weight excluding hydrogens is 268 g/mol. The highest BCUT2D eigenvalue weighted by atomic mass is 32.2. The van der Waals surface area contributed by atoms with Gasteiger partial charge in [0.15, 0.2) is 0 Å². The predicted octanol–water partition coefficient (Wildman–Crippen LogP) is 3.79. The lowest BCUT2D eigenvalue weighted by atomic mass is 9.95. The van der Waals surface area contributed by atoms with E-state index < -0.39 is 0 Å². The second-order valence-electron chi connectivity index (χ2n) is 6.60. The van der Waals surface area contributed by atoms with E-state index in [4.69, 9.17) is 10.8 Å². The Labute approximate surface area is 126 Å². The second kappa shape index (κ2) is 6.31. The fourth-order valence-electron chi connectivity index (χ4n) is 2.43. The van der Waals surface area contributed by atoms with Crippen molar-refractivity contribution >= 4 is 17.6 Å². The average Bonchev–Trinajstić information content (AvgIpc) is 2.41. The molecule has 0 saturated heterocycles. The van der Waals surface area contributed by atoms with Crippen molar-refractivity contribution in [3.63, 3.8) is 0 Å². The summed E-state index contributed by atoms with van der Waals surface area (Å²) in [4.78, 5) is 9.36. The van der Waals surface area contributed by atoms with Crippen molar-refractivity contribution in [3.05, 3.63) is 11.4 Å². The van der Waals surface area contributed by atoms with E-state index >= 15 is 0 Å². The van der Waals surface area contributed by atoms with Gasteiger partial charge in [0.05, 0.1) is 0 Å². The van der Waals surface area contributed by atoms with Crippen LogP contribution in [0.15, 0.2) is 5.03 Å². The molecule has 4 nitrogen and oxygen atoms in total. The summed E-state index contributed by atoms with van der Waals surface area (Å²) in [5.74, 6) is 7.22. The molecule has 1 aromatic heterocycles. The van der Waals surface area contributed by atoms with E-state index in [1.54, 1.807) is 0 Å². The normalized spacial score (nSPS) is 17.2. The van der Waals surface area contributed by atoms with Crippen LogP contribution in [0.1, 0.15) is 64.3 Å². The Kier molecular flexibility index (Phi) is 4.91. The third-order valence-electron chi connectivity index (χ3n) is 3.74. The molecule has 0 aromatic carbocycles. The van der Waals surface area contributed by atoms with Gasteiger partial charge in [-0.15, -0.1) is 11.8 Å². The van der Waals surface area contributed by atoms with E-state index in [1.165, 1.54) is 32.1 Å². The number of nitrogens with zero attached hydrogens (tertiary/aromatic N) is 2. The van der Waals surface area contributed by atoms with E-state index in [0.717, 1.165) is 22.2 Å². The number of hydrogen-bond donors (Lipinski definition) is 2. The van der Waals surface area contributed by atoms with Crippen LogP contribution in [0, 0.1) is 6.92 Å². The predicted molar refractivity (Wildman–Crippen MR) is 86.0 cm³/mol. The Morgan fingerprint density at radius 2 is 1.80 bits per heavy atom. The Morgan fingerprint density at radius 3 is 2.35 bits per heavy atom. The standard InChI is InChI=1S/C15H26N4S/c1-10-12(19-16)17-14(15(2,3)4)18-13(10)20-11-8-6-5-7-9-11/h11H,5-9,16H2,1-4H3,(H,17,18,19). The van der Waals surface area contributed by atoms with Crippen LogP contribution in [0.4, 0.5) is 5.82 Å². The summed E-state index contributed by atoms with van der Waals surface area (Å²) in [6.07, 6.45) is 6.66. The van der Waals surface area contributed by atoms with Crippen molar-refractivity contribution in [1.82, 2.24) is 9.97 Å². The van der Waals surface area contributed by atoms with Gasteiger partial charge in [-0.1, -0.05) is 40.0 Å². The first-order chi connectivity index (χ1) is 9.41. The number of aromatic nitrogens is 2. The average molecular weight is 294 g/mol. The molecule has 1 saturated carbocycles. The number of nitrogens with one attached hydrogen (secondary N) is 1. The molecule has 112 valence electrons. The van der Waals surface area contributed by atoms with Gasteiger partial charge in [0.2, 0.25) is 0 Å². The van der Waals surface area contributed by atoms with Gasteiger partial charge in [-0.2, -0.15) is 0 Å². The highest BCUT2D eigenvalue weighted by Crippen LogP contribution is 2.36. The largest absolute Gasteiger partial charge is 0.308 e. The van der Waals surface area contributed by atoms with Crippen molar-refractivity contribution in [1.29, 1.82) is 0 Å². The maximum Gasteiger partial charge on any atom is 0.147 e. The lowest BCUT2D eigenvalue weighted by Crippen LogP contribution is -2.21. The van der Waals surface area contributed by atoms with Crippen molar-refractivity contribution in [2.24, 2.45) is 5.84 Å². The molecule has 1 aliphatic carbocycles. The summed E-state index contributed by atoms with van der Waals surface area (Å²) in [5, 5.41) is 1.78. The van der Waals surface area contributed by atoms with Crippen LogP contribution in [0.3, 0.4) is 0 Å². The molecule has 2 rings (SSSR count). The second-order valence-corrected chi connectivity index (χ2v) is 7.89. The Morgan fingerprint density at radius 1 is 1.15 bits per heavy atom. The van der Waals surface area contributed by atoms with E-state index in [-0.39, 0.29) is 5.41 Å². The number of anilines is 1. The minimum absolute atomic E-state index is 0.0683. The minimum Gasteiger partial charge on any atom is -0.308 e. The topological polar surface area (TPSA) is 63.8 Å². The van der Waals surface area contributed by atoms with Crippen LogP contribution in [0.2, 0.25) is 0 Å². The fourth-order valence-corrected chi connectivity index (χ4v) is 3.73. The molecule has 0 unspecified atom stereocenters. The van der Waals surface area contributed by atoms with E-state index in [2.05, 4.69) is 31.2 Å². The summed E-state index contributed by atoms with van der Waals surface area (Å²) in [6, 6.07) is 0. The van der Waals surface area contributed by atoms with Gasteiger partial charge in [0, 0.05) is 16.2 Å². The Bertz CT molecular complexity index is 462. The highest BCUT2D eigenvalue weighted by molar-refractivity contribution is 7.99. The lowest BCUT2D eigenvalue weighted by molar-refractivity contribution is 0.514. The first kappa shape index (κ1) is 15.6. The smallest absolute Gasteiger partial charge is 0.147 e. The fraction of sp³-hybridized carbons (Fsp3) is 0.733. The SMILES string of the molecule is Cc1c(NN)nc(C(C)(C)C)nc1SC1CCCCC1. The Balaban J connectivity index is 2.30. The molecule has 0 spiro atoms. The number of nitrogen functional groups attached to an aromatic ring is 1. The zero-order chi connectivity index (χ0) is 14.8. The lowest BCUT2D eigenvalue weighted by Gasteiger charge is -2.24. The molecule has 20 heavy (non-hydrogen) atoms. The molecule has 1 aliphatic rings. The maximum atomic E-state index is 5.62. The van der Waals surface area contributed by atoms with E-state index in [0.29, 0.717) is 5.25 Å². The molecule has 1 heterocycles. The van der Waals surface area contributed by atoms with Gasteiger partial charge >= 0.3 is 0 Å². The van der Waals surface area contributed by atoms with Gasteiger partial charge in [0.25, 0.3) is 0 Å². The molecular formula is C15H26N4S. The van der Waals surface area contributed by atoms with Crippen LogP contribution in [0.5, 0.6) is 0 Å². The molecule has 5 heteroatoms. The monoisotopic (exact) mass is 294 g/mol. The summed E-state index contributed by atoms with van der Waals surface area (Å²) >= 11 is 1.90. The molecule has 0 amide bonds. The van der Waals surface area contributed by atoms with Gasteiger partial charge in [-0.05, 0) is 19.8 Å². The van der Waals surface area contributed by atoms with Gasteiger partial charge in [0.1, 0.15) is 16.7 Å². The first-order valence-electron chi connectivity index (χ1n) is 7.44. The van der Waals surface area contributed by atoms with Crippen LogP contribution < -0.4 is 11.3 Å². The summed E-state index contributed by atoms with van der Waals surface area (Å²) in [6.45, 7) is 8.44. The van der Waals surface area contributed by atoms with Crippen LogP contribution in [0.25, 0.3) is 0 Å². The molecule has 1 aromatic rings. The summed E-state index contributed by atoms with van der Waals surface area (Å²) in [7, 11) is 0. The van der Waals surface area contributed by atoms with Crippen LogP contribution in [-0.2, 0) is 5.41 Å². The highest BCUT2D eigenvalue weighted by Gasteiger charge is 2.23. The molecule has 0 radical (unpaired) electrons. The summed E-state index contributed by atoms with van der Waals surface area (Å²) in [5.41, 5.74) is 3.72. The van der Waals surface area contributed by atoms with E-state index in [9.17, 15) is 0 Å². The third-order valence-corrected chi connectivity index (χ3v) is 5.16. The zero-order valence-corrected chi connectivity index (χ0v) is 13.8. The number of thioether (sulfide) groups is 1. The Hall–Kier alpha value is -0.810. The quantitative estimate of drug-likeness (QED) is 0.504. The van der Waals surface area contributed by atoms with Crippen molar-refractivity contribution < 1.29 is 0 Å². The van der Waals surface area contributed by atoms with Crippen molar-refractivity contribution in [2.45, 2.75) is 75.5 Å². The van der Waals surface area contributed by atoms with Crippen LogP contribution in [-0.4, -0.2) is 15.2 Å². The molecule has 0 aliphatic heterocycles. The van der Waals surface area contributed by atoms with Gasteiger partial charge in [-0.3, -0.25) is 0 Å². The minimum atomic E-state index is -0.0683. The van der Waals surface area contributed by atoms with Crippen LogP contribution >= 0.6 is 11.8 Å². The third kappa shape index (κ3) is 3.64. The number of hydrogen-bond acceptors (Lipinski definition) is 5. The molecule has 0 bridgehead atoms. The molecule has 0 atom stereocenters. The van der Waals surface area contributed by atoms with E-state index in [1.807, 2.05) is 18.7 Å². The molecule has 1 fully saturated rings. The van der Waals surface area contributed by atoms with Gasteiger partial charge < -0.3 is 5.43 Å².